The molecule has 0 N–H and O–H groups in total. The third-order valence-corrected chi connectivity index (χ3v) is 5.25. The minimum atomic E-state index is -1.07. The molecule has 1 aromatic heterocycles. The maximum absolute atomic E-state index is 12.4. The summed E-state index contributed by atoms with van der Waals surface area (Å²) >= 11 is 0. The van der Waals surface area contributed by atoms with Crippen molar-refractivity contribution in [2.45, 2.75) is 51.2 Å². The van der Waals surface area contributed by atoms with Gasteiger partial charge in [-0.3, -0.25) is 4.21 Å². The third-order valence-electron chi connectivity index (χ3n) is 3.77. The average molecular weight is 338 g/mol. The van der Waals surface area contributed by atoms with E-state index < -0.39 is 16.4 Å². The highest BCUT2D eigenvalue weighted by Gasteiger charge is 2.27. The Hall–Kier alpha value is -1.43. The highest BCUT2D eigenvalue weighted by molar-refractivity contribution is 7.84. The number of hydrogen-bond acceptors (Lipinski definition) is 4. The topological polar surface area (TPSA) is 59.5 Å². The van der Waals surface area contributed by atoms with Crippen LogP contribution in [0.5, 0.6) is 0 Å². The lowest BCUT2D eigenvalue weighted by molar-refractivity contribution is 0.0191. The first-order valence-electron chi connectivity index (χ1n) is 8.03. The molecule has 0 saturated carbocycles. The van der Waals surface area contributed by atoms with Crippen molar-refractivity contribution in [2.75, 3.05) is 18.8 Å². The number of likely N-dealkylation sites (tertiary alicyclic amines) is 1. The number of aryl methyl sites for hydroxylation is 1. The van der Waals surface area contributed by atoms with Gasteiger partial charge in [-0.1, -0.05) is 6.07 Å². The van der Waals surface area contributed by atoms with Gasteiger partial charge in [0, 0.05) is 25.0 Å². The number of nitrogens with zero attached hydrogens (tertiary/aromatic N) is 2. The van der Waals surface area contributed by atoms with Crippen LogP contribution in [-0.2, 0) is 15.5 Å². The summed E-state index contributed by atoms with van der Waals surface area (Å²) in [6, 6.07) is 3.77. The molecule has 0 aliphatic carbocycles. The number of amides is 1. The predicted octanol–water partition coefficient (Wildman–Crippen LogP) is 3.14. The van der Waals surface area contributed by atoms with Crippen molar-refractivity contribution >= 4 is 16.9 Å². The smallest absolute Gasteiger partial charge is 0.410 e. The standard InChI is InChI=1S/C17H26N2O3S/c1-13-5-6-15(18-11-13)23(21)12-14-7-9-19(10-8-14)16(20)22-17(2,3)4/h5-6,11,14H,7-10,12H2,1-4H3/t23-/m0/s1. The first kappa shape index (κ1) is 17.9. The van der Waals surface area contributed by atoms with Crippen LogP contribution in [0.15, 0.2) is 23.4 Å². The minimum Gasteiger partial charge on any atom is -0.444 e. The van der Waals surface area contributed by atoms with Gasteiger partial charge in [-0.05, 0) is 58.1 Å². The SMILES string of the molecule is Cc1ccc([S@@](=O)CC2CCN(C(=O)OC(C)(C)C)CC2)nc1. The van der Waals surface area contributed by atoms with E-state index in [9.17, 15) is 9.00 Å². The molecule has 5 nitrogen and oxygen atoms in total. The average Bonchev–Trinajstić information content (AvgIpc) is 2.46. The minimum absolute atomic E-state index is 0.253. The van der Waals surface area contributed by atoms with Crippen molar-refractivity contribution in [2.24, 2.45) is 5.92 Å². The molecule has 1 saturated heterocycles. The van der Waals surface area contributed by atoms with Crippen LogP contribution in [0.3, 0.4) is 0 Å². The van der Waals surface area contributed by atoms with Crippen LogP contribution in [-0.4, -0.2) is 44.6 Å². The van der Waals surface area contributed by atoms with Gasteiger partial charge >= 0.3 is 6.09 Å². The van der Waals surface area contributed by atoms with Crippen molar-refractivity contribution in [3.63, 3.8) is 0 Å². The highest BCUT2D eigenvalue weighted by atomic mass is 32.2. The Labute approximate surface area is 140 Å². The fourth-order valence-electron chi connectivity index (χ4n) is 2.50. The first-order valence-corrected chi connectivity index (χ1v) is 9.35. The molecule has 0 bridgehead atoms. The zero-order valence-corrected chi connectivity index (χ0v) is 15.2. The molecule has 23 heavy (non-hydrogen) atoms. The lowest BCUT2D eigenvalue weighted by atomic mass is 9.99. The van der Waals surface area contributed by atoms with Gasteiger partial charge < -0.3 is 9.64 Å². The molecule has 1 aliphatic rings. The van der Waals surface area contributed by atoms with E-state index in [1.54, 1.807) is 11.1 Å². The fraction of sp³-hybridized carbons (Fsp3) is 0.647. The zero-order valence-electron chi connectivity index (χ0n) is 14.4. The maximum atomic E-state index is 12.4. The van der Waals surface area contributed by atoms with Crippen LogP contribution in [0, 0.1) is 12.8 Å². The summed E-state index contributed by atoms with van der Waals surface area (Å²) in [5.74, 6) is 0.968. The normalized spacial score (nSPS) is 17.8. The van der Waals surface area contributed by atoms with Crippen molar-refractivity contribution in [3.8, 4) is 0 Å². The Bertz CT molecular complexity index is 558. The molecule has 0 radical (unpaired) electrons. The Morgan fingerprint density at radius 1 is 1.35 bits per heavy atom. The molecule has 1 fully saturated rings. The van der Waals surface area contributed by atoms with Crippen molar-refractivity contribution in [1.82, 2.24) is 9.88 Å². The second-order valence-corrected chi connectivity index (χ2v) is 8.54. The Morgan fingerprint density at radius 3 is 2.52 bits per heavy atom. The van der Waals surface area contributed by atoms with E-state index in [-0.39, 0.29) is 6.09 Å². The first-order chi connectivity index (χ1) is 10.7. The van der Waals surface area contributed by atoms with E-state index in [1.165, 1.54) is 0 Å². The summed E-state index contributed by atoms with van der Waals surface area (Å²) in [4.78, 5) is 18.0. The lowest BCUT2D eigenvalue weighted by Gasteiger charge is -2.33. The number of pyridine rings is 1. The van der Waals surface area contributed by atoms with Gasteiger partial charge in [0.25, 0.3) is 0 Å². The second kappa shape index (κ2) is 7.43. The van der Waals surface area contributed by atoms with Gasteiger partial charge in [-0.15, -0.1) is 0 Å². The number of carbonyl (C=O) groups is 1. The second-order valence-electron chi connectivity index (χ2n) is 7.10. The summed E-state index contributed by atoms with van der Waals surface area (Å²) < 4.78 is 17.8. The van der Waals surface area contributed by atoms with Crippen molar-refractivity contribution < 1.29 is 13.7 Å². The number of aromatic nitrogens is 1. The van der Waals surface area contributed by atoms with Gasteiger partial charge in [0.15, 0.2) is 0 Å². The molecule has 1 aromatic rings. The van der Waals surface area contributed by atoms with E-state index in [0.717, 1.165) is 18.4 Å². The monoisotopic (exact) mass is 338 g/mol. The van der Waals surface area contributed by atoms with Gasteiger partial charge in [-0.25, -0.2) is 9.78 Å². The van der Waals surface area contributed by atoms with E-state index >= 15 is 0 Å². The van der Waals surface area contributed by atoms with Gasteiger partial charge in [0.05, 0.1) is 10.8 Å². The Morgan fingerprint density at radius 2 is 2.00 bits per heavy atom. The summed E-state index contributed by atoms with van der Waals surface area (Å²) in [7, 11) is -1.07. The largest absolute Gasteiger partial charge is 0.444 e. The Balaban J connectivity index is 1.81. The summed E-state index contributed by atoms with van der Waals surface area (Å²) in [5, 5.41) is 0.644. The number of carbonyl (C=O) groups excluding carboxylic acids is 1. The number of piperidine rings is 1. The molecule has 0 unspecified atom stereocenters. The summed E-state index contributed by atoms with van der Waals surface area (Å²) in [5.41, 5.74) is 0.600. The molecule has 6 heteroatoms. The molecule has 1 amide bonds. The molecule has 1 atom stereocenters. The van der Waals surface area contributed by atoms with Crippen LogP contribution in [0.4, 0.5) is 4.79 Å². The number of hydrogen-bond donors (Lipinski definition) is 0. The zero-order chi connectivity index (χ0) is 17.0. The van der Waals surface area contributed by atoms with Gasteiger partial charge in [0.1, 0.15) is 10.6 Å². The quantitative estimate of drug-likeness (QED) is 0.849. The van der Waals surface area contributed by atoms with Crippen LogP contribution in [0.25, 0.3) is 0 Å². The van der Waals surface area contributed by atoms with Gasteiger partial charge in [-0.2, -0.15) is 0 Å². The molecule has 0 spiro atoms. The molecular weight excluding hydrogens is 312 g/mol. The van der Waals surface area contributed by atoms with E-state index in [2.05, 4.69) is 4.98 Å². The molecule has 1 aliphatic heterocycles. The highest BCUT2D eigenvalue weighted by Crippen LogP contribution is 2.21. The summed E-state index contributed by atoms with van der Waals surface area (Å²) in [6.45, 7) is 8.91. The van der Waals surface area contributed by atoms with Crippen molar-refractivity contribution in [1.29, 1.82) is 0 Å². The van der Waals surface area contributed by atoms with E-state index in [0.29, 0.717) is 29.8 Å². The van der Waals surface area contributed by atoms with Crippen LogP contribution in [0.2, 0.25) is 0 Å². The third kappa shape index (κ3) is 5.61. The number of rotatable bonds is 3. The van der Waals surface area contributed by atoms with Crippen LogP contribution in [0.1, 0.15) is 39.2 Å². The van der Waals surface area contributed by atoms with Crippen LogP contribution >= 0.6 is 0 Å². The van der Waals surface area contributed by atoms with Crippen LogP contribution < -0.4 is 0 Å². The Kier molecular flexibility index (Phi) is 5.79. The molecular formula is C17H26N2O3S. The number of ether oxygens (including phenoxy) is 1. The van der Waals surface area contributed by atoms with E-state index in [1.807, 2.05) is 39.8 Å². The molecule has 0 aromatic carbocycles. The van der Waals surface area contributed by atoms with E-state index in [4.69, 9.17) is 4.74 Å². The van der Waals surface area contributed by atoms with Crippen molar-refractivity contribution in [3.05, 3.63) is 23.9 Å². The lowest BCUT2D eigenvalue weighted by Crippen LogP contribution is -2.42. The maximum Gasteiger partial charge on any atom is 0.410 e. The van der Waals surface area contributed by atoms with Gasteiger partial charge in [0.2, 0.25) is 0 Å². The molecule has 128 valence electrons. The summed E-state index contributed by atoms with van der Waals surface area (Å²) in [6.07, 6.45) is 3.21. The molecule has 2 rings (SSSR count). The fourth-order valence-corrected chi connectivity index (χ4v) is 3.82. The molecule has 2 heterocycles. The predicted molar refractivity (Wildman–Crippen MR) is 90.8 cm³/mol.